The van der Waals surface area contributed by atoms with Gasteiger partial charge in [-0.05, 0) is 24.9 Å². The normalized spacial score (nSPS) is 14.3. The van der Waals surface area contributed by atoms with Gasteiger partial charge < -0.3 is 10.6 Å². The lowest BCUT2D eigenvalue weighted by atomic mass is 10.1. The molecule has 0 aliphatic carbocycles. The Labute approximate surface area is 142 Å². The molecule has 24 heavy (non-hydrogen) atoms. The van der Waals surface area contributed by atoms with Crippen LogP contribution >= 0.6 is 0 Å². The van der Waals surface area contributed by atoms with Crippen LogP contribution in [0, 0.1) is 0 Å². The van der Waals surface area contributed by atoms with E-state index in [0.29, 0.717) is 18.7 Å². The van der Waals surface area contributed by atoms with Crippen LogP contribution in [0.2, 0.25) is 0 Å². The predicted molar refractivity (Wildman–Crippen MR) is 95.1 cm³/mol. The first kappa shape index (κ1) is 16.5. The molecule has 126 valence electrons. The summed E-state index contributed by atoms with van der Waals surface area (Å²) in [6.45, 7) is 5.24. The molecule has 2 N–H and O–H groups in total. The number of carbonyl (C=O) groups excluding carboxylic acids is 1. The summed E-state index contributed by atoms with van der Waals surface area (Å²) < 4.78 is 1.92. The molecule has 0 spiro atoms. The van der Waals surface area contributed by atoms with Gasteiger partial charge in [0.15, 0.2) is 0 Å². The van der Waals surface area contributed by atoms with Crippen molar-refractivity contribution in [3.8, 4) is 0 Å². The van der Waals surface area contributed by atoms with E-state index in [0.717, 1.165) is 31.6 Å². The number of nitrogens with one attached hydrogen (secondary N) is 2. The molecule has 5 nitrogen and oxygen atoms in total. The maximum absolute atomic E-state index is 12.5. The smallest absolute Gasteiger partial charge is 0.255 e. The zero-order valence-electron chi connectivity index (χ0n) is 14.1. The molecule has 0 unspecified atom stereocenters. The Kier molecular flexibility index (Phi) is 5.43. The van der Waals surface area contributed by atoms with E-state index in [2.05, 4.69) is 40.9 Å². The lowest BCUT2D eigenvalue weighted by Gasteiger charge is -2.14. The molecule has 1 aromatic carbocycles. The molecule has 0 fully saturated rings. The molecule has 0 radical (unpaired) electrons. The highest BCUT2D eigenvalue weighted by molar-refractivity contribution is 5.95. The molecule has 5 heteroatoms. The molecule has 0 saturated carbocycles. The largest absolute Gasteiger partial charge is 0.348 e. The Balaban J connectivity index is 1.68. The van der Waals surface area contributed by atoms with E-state index in [4.69, 9.17) is 0 Å². The van der Waals surface area contributed by atoms with Gasteiger partial charge in [-0.1, -0.05) is 48.9 Å². The first-order chi connectivity index (χ1) is 11.8. The molecule has 0 atom stereocenters. The lowest BCUT2D eigenvalue weighted by molar-refractivity contribution is 0.0955. The molecular formula is C19H24N4O. The maximum Gasteiger partial charge on any atom is 0.255 e. The number of nitrogens with zero attached hydrogens (tertiary/aromatic N) is 2. The Morgan fingerprint density at radius 2 is 2.17 bits per heavy atom. The molecule has 1 aromatic heterocycles. The van der Waals surface area contributed by atoms with Gasteiger partial charge >= 0.3 is 0 Å². The van der Waals surface area contributed by atoms with Crippen LogP contribution in [0.5, 0.6) is 0 Å². The van der Waals surface area contributed by atoms with Crippen molar-refractivity contribution < 1.29 is 4.79 Å². The minimum Gasteiger partial charge on any atom is -0.348 e. The van der Waals surface area contributed by atoms with Crippen molar-refractivity contribution in [1.82, 2.24) is 20.4 Å². The molecule has 2 aromatic rings. The molecule has 0 saturated heterocycles. The van der Waals surface area contributed by atoms with Crippen molar-refractivity contribution in [3.63, 3.8) is 0 Å². The third-order valence-electron chi connectivity index (χ3n) is 4.34. The Hall–Kier alpha value is -2.40. The van der Waals surface area contributed by atoms with Gasteiger partial charge in [-0.3, -0.25) is 9.48 Å². The fourth-order valence-corrected chi connectivity index (χ4v) is 2.99. The number of carbonyl (C=O) groups is 1. The third-order valence-corrected chi connectivity index (χ3v) is 4.34. The van der Waals surface area contributed by atoms with Gasteiger partial charge in [0.2, 0.25) is 0 Å². The van der Waals surface area contributed by atoms with Crippen molar-refractivity contribution in [2.45, 2.75) is 26.3 Å². The highest BCUT2D eigenvalue weighted by Gasteiger charge is 2.16. The van der Waals surface area contributed by atoms with E-state index in [1.807, 2.05) is 22.9 Å². The van der Waals surface area contributed by atoms with Gasteiger partial charge in [0.25, 0.3) is 5.91 Å². The van der Waals surface area contributed by atoms with E-state index in [1.165, 1.54) is 11.1 Å². The lowest BCUT2D eigenvalue weighted by Crippen LogP contribution is -2.30. The summed E-state index contributed by atoms with van der Waals surface area (Å²) in [4.78, 5) is 12.5. The average molecular weight is 324 g/mol. The first-order valence-electron chi connectivity index (χ1n) is 8.53. The monoisotopic (exact) mass is 324 g/mol. The van der Waals surface area contributed by atoms with Crippen LogP contribution in [-0.4, -0.2) is 35.3 Å². The zero-order valence-corrected chi connectivity index (χ0v) is 14.1. The number of hydrogen-bond acceptors (Lipinski definition) is 3. The topological polar surface area (TPSA) is 59.0 Å². The van der Waals surface area contributed by atoms with Crippen molar-refractivity contribution in [2.24, 2.45) is 0 Å². The maximum atomic E-state index is 12.5. The van der Waals surface area contributed by atoms with Gasteiger partial charge in [-0.2, -0.15) is 5.10 Å². The van der Waals surface area contributed by atoms with Crippen LogP contribution in [0.3, 0.4) is 0 Å². The average Bonchev–Trinajstić information content (AvgIpc) is 3.04. The molecule has 0 bridgehead atoms. The van der Waals surface area contributed by atoms with Crippen molar-refractivity contribution in [3.05, 3.63) is 65.0 Å². The fraction of sp³-hybridized carbons (Fsp3) is 0.368. The summed E-state index contributed by atoms with van der Waals surface area (Å²) >= 11 is 0. The molecular weight excluding hydrogens is 300 g/mol. The van der Waals surface area contributed by atoms with Crippen LogP contribution in [0.25, 0.3) is 0 Å². The van der Waals surface area contributed by atoms with E-state index >= 15 is 0 Å². The zero-order chi connectivity index (χ0) is 16.8. The molecule has 3 rings (SSSR count). The number of rotatable bonds is 6. The Morgan fingerprint density at radius 3 is 2.88 bits per heavy atom. The first-order valence-corrected chi connectivity index (χ1v) is 8.53. The summed E-state index contributed by atoms with van der Waals surface area (Å²) in [5, 5.41) is 10.7. The minimum atomic E-state index is -0.0365. The number of amides is 1. The van der Waals surface area contributed by atoms with Crippen LogP contribution in [0.15, 0.2) is 48.2 Å². The fourth-order valence-electron chi connectivity index (χ4n) is 2.99. The van der Waals surface area contributed by atoms with Crippen LogP contribution in [0.4, 0.5) is 0 Å². The third kappa shape index (κ3) is 3.92. The quantitative estimate of drug-likeness (QED) is 0.801. The van der Waals surface area contributed by atoms with Crippen LogP contribution in [0.1, 0.15) is 35.0 Å². The van der Waals surface area contributed by atoms with Crippen LogP contribution in [-0.2, 0) is 13.0 Å². The highest BCUT2D eigenvalue weighted by Crippen LogP contribution is 2.13. The summed E-state index contributed by atoms with van der Waals surface area (Å²) in [5.41, 5.74) is 4.14. The van der Waals surface area contributed by atoms with Crippen molar-refractivity contribution in [1.29, 1.82) is 0 Å². The predicted octanol–water partition coefficient (Wildman–Crippen LogP) is 2.14. The SMILES string of the molecule is CCc1c(C(=O)NCC2=CCNCC2)cnn1Cc1ccccc1. The van der Waals surface area contributed by atoms with Gasteiger partial charge in [-0.15, -0.1) is 0 Å². The number of benzene rings is 1. The van der Waals surface area contributed by atoms with E-state index in [-0.39, 0.29) is 5.91 Å². The Morgan fingerprint density at radius 1 is 1.33 bits per heavy atom. The summed E-state index contributed by atoms with van der Waals surface area (Å²) in [7, 11) is 0. The number of hydrogen-bond donors (Lipinski definition) is 2. The molecule has 1 aliphatic rings. The minimum absolute atomic E-state index is 0.0365. The second-order valence-electron chi connectivity index (χ2n) is 6.00. The van der Waals surface area contributed by atoms with Gasteiger partial charge in [0.1, 0.15) is 0 Å². The molecule has 1 aliphatic heterocycles. The van der Waals surface area contributed by atoms with E-state index < -0.39 is 0 Å². The van der Waals surface area contributed by atoms with Gasteiger partial charge in [0, 0.05) is 13.1 Å². The van der Waals surface area contributed by atoms with Gasteiger partial charge in [0.05, 0.1) is 24.0 Å². The number of aromatic nitrogens is 2. The standard InChI is InChI=1S/C19H24N4O/c1-2-18-17(19(24)21-12-15-8-10-20-11-9-15)13-22-23(18)14-16-6-4-3-5-7-16/h3-8,13,20H,2,9-12,14H2,1H3,(H,21,24). The summed E-state index contributed by atoms with van der Waals surface area (Å²) in [6.07, 6.45) is 5.62. The summed E-state index contributed by atoms with van der Waals surface area (Å²) in [6, 6.07) is 10.2. The van der Waals surface area contributed by atoms with Gasteiger partial charge in [-0.25, -0.2) is 0 Å². The highest BCUT2D eigenvalue weighted by atomic mass is 16.1. The van der Waals surface area contributed by atoms with E-state index in [1.54, 1.807) is 6.20 Å². The molecule has 2 heterocycles. The molecule has 1 amide bonds. The second-order valence-corrected chi connectivity index (χ2v) is 6.00. The summed E-state index contributed by atoms with van der Waals surface area (Å²) in [5.74, 6) is -0.0365. The van der Waals surface area contributed by atoms with Crippen molar-refractivity contribution in [2.75, 3.05) is 19.6 Å². The van der Waals surface area contributed by atoms with Crippen molar-refractivity contribution >= 4 is 5.91 Å². The Bertz CT molecular complexity index is 718. The van der Waals surface area contributed by atoms with Crippen LogP contribution < -0.4 is 10.6 Å². The van der Waals surface area contributed by atoms with E-state index in [9.17, 15) is 4.79 Å². The second kappa shape index (κ2) is 7.93.